The SMILES string of the molecule is Cc1nn(C)c(OC2CCCC2CN)c1[N+](=O)[O-]. The average molecular weight is 254 g/mol. The first-order chi connectivity index (χ1) is 8.54. The number of aromatic nitrogens is 2. The molecule has 1 heterocycles. The lowest BCUT2D eigenvalue weighted by Crippen LogP contribution is -2.28. The van der Waals surface area contributed by atoms with Crippen LogP contribution in [0.5, 0.6) is 5.88 Å². The Bertz CT molecular complexity index is 457. The molecule has 7 heteroatoms. The fourth-order valence-electron chi connectivity index (χ4n) is 2.54. The van der Waals surface area contributed by atoms with Gasteiger partial charge in [-0.1, -0.05) is 0 Å². The molecule has 18 heavy (non-hydrogen) atoms. The van der Waals surface area contributed by atoms with E-state index in [0.29, 0.717) is 12.2 Å². The standard InChI is InChI=1S/C11H18N4O3/c1-7-10(15(16)17)11(14(2)13-7)18-9-5-3-4-8(9)6-12/h8-9H,3-6,12H2,1-2H3. The quantitative estimate of drug-likeness (QED) is 0.642. The Morgan fingerprint density at radius 1 is 1.61 bits per heavy atom. The summed E-state index contributed by atoms with van der Waals surface area (Å²) < 4.78 is 7.23. The molecule has 2 atom stereocenters. The molecule has 100 valence electrons. The molecule has 0 saturated heterocycles. The first-order valence-electron chi connectivity index (χ1n) is 6.09. The number of hydrogen-bond acceptors (Lipinski definition) is 5. The fraction of sp³-hybridized carbons (Fsp3) is 0.727. The zero-order chi connectivity index (χ0) is 13.3. The van der Waals surface area contributed by atoms with Crippen LogP contribution in [0.3, 0.4) is 0 Å². The van der Waals surface area contributed by atoms with Crippen LogP contribution in [-0.2, 0) is 7.05 Å². The van der Waals surface area contributed by atoms with Gasteiger partial charge in [0.25, 0.3) is 5.88 Å². The van der Waals surface area contributed by atoms with Crippen LogP contribution in [0.15, 0.2) is 0 Å². The van der Waals surface area contributed by atoms with Crippen molar-refractivity contribution in [1.29, 1.82) is 0 Å². The minimum Gasteiger partial charge on any atom is -0.469 e. The highest BCUT2D eigenvalue weighted by Gasteiger charge is 2.33. The number of ether oxygens (including phenoxy) is 1. The van der Waals surface area contributed by atoms with Crippen molar-refractivity contribution >= 4 is 5.69 Å². The monoisotopic (exact) mass is 254 g/mol. The van der Waals surface area contributed by atoms with Crippen LogP contribution in [0.25, 0.3) is 0 Å². The van der Waals surface area contributed by atoms with Crippen molar-refractivity contribution in [3.63, 3.8) is 0 Å². The van der Waals surface area contributed by atoms with Crippen molar-refractivity contribution in [2.75, 3.05) is 6.54 Å². The van der Waals surface area contributed by atoms with Gasteiger partial charge in [-0.2, -0.15) is 5.10 Å². The van der Waals surface area contributed by atoms with E-state index in [1.807, 2.05) is 0 Å². The highest BCUT2D eigenvalue weighted by Crippen LogP contribution is 2.35. The topological polar surface area (TPSA) is 96.2 Å². The predicted molar refractivity (Wildman–Crippen MR) is 65.4 cm³/mol. The summed E-state index contributed by atoms with van der Waals surface area (Å²) >= 11 is 0. The van der Waals surface area contributed by atoms with Gasteiger partial charge in [0.15, 0.2) is 0 Å². The molecule has 1 aromatic rings. The molecular weight excluding hydrogens is 236 g/mol. The Morgan fingerprint density at radius 3 is 2.94 bits per heavy atom. The number of aryl methyl sites for hydroxylation is 2. The van der Waals surface area contributed by atoms with Crippen molar-refractivity contribution in [1.82, 2.24) is 9.78 Å². The normalized spacial score (nSPS) is 23.3. The second-order valence-electron chi connectivity index (χ2n) is 4.70. The minimum absolute atomic E-state index is 0.0384. The average Bonchev–Trinajstić information content (AvgIpc) is 2.84. The van der Waals surface area contributed by atoms with Crippen LogP contribution in [0.4, 0.5) is 5.69 Å². The van der Waals surface area contributed by atoms with Gasteiger partial charge in [0.05, 0.1) is 4.92 Å². The molecule has 0 spiro atoms. The van der Waals surface area contributed by atoms with Crippen LogP contribution in [0.1, 0.15) is 25.0 Å². The summed E-state index contributed by atoms with van der Waals surface area (Å²) in [6, 6.07) is 0. The maximum Gasteiger partial charge on any atom is 0.353 e. The molecule has 0 radical (unpaired) electrons. The smallest absolute Gasteiger partial charge is 0.353 e. The van der Waals surface area contributed by atoms with E-state index >= 15 is 0 Å². The lowest BCUT2D eigenvalue weighted by Gasteiger charge is -2.19. The van der Waals surface area contributed by atoms with Crippen LogP contribution in [-0.4, -0.2) is 27.4 Å². The summed E-state index contributed by atoms with van der Waals surface area (Å²) in [4.78, 5) is 10.6. The number of nitro groups is 1. The van der Waals surface area contributed by atoms with E-state index in [-0.39, 0.29) is 23.6 Å². The molecule has 0 aliphatic heterocycles. The fourth-order valence-corrected chi connectivity index (χ4v) is 2.54. The van der Waals surface area contributed by atoms with Crippen molar-refractivity contribution in [2.24, 2.45) is 18.7 Å². The molecular formula is C11H18N4O3. The summed E-state index contributed by atoms with van der Waals surface area (Å²) in [6.07, 6.45) is 2.93. The summed E-state index contributed by atoms with van der Waals surface area (Å²) in [6.45, 7) is 2.16. The second kappa shape index (κ2) is 4.93. The van der Waals surface area contributed by atoms with E-state index in [0.717, 1.165) is 19.3 Å². The van der Waals surface area contributed by atoms with Gasteiger partial charge < -0.3 is 10.5 Å². The number of rotatable bonds is 4. The predicted octanol–water partition coefficient (Wildman–Crippen LogP) is 1.14. The summed E-state index contributed by atoms with van der Waals surface area (Å²) in [5.41, 5.74) is 6.02. The van der Waals surface area contributed by atoms with E-state index < -0.39 is 4.92 Å². The van der Waals surface area contributed by atoms with Gasteiger partial charge in [-0.25, -0.2) is 4.68 Å². The third-order valence-corrected chi connectivity index (χ3v) is 3.48. The molecule has 1 aliphatic rings. The maximum atomic E-state index is 11.0. The van der Waals surface area contributed by atoms with Crippen LogP contribution in [0, 0.1) is 23.0 Å². The van der Waals surface area contributed by atoms with Crippen molar-refractivity contribution in [3.05, 3.63) is 15.8 Å². The van der Waals surface area contributed by atoms with Gasteiger partial charge in [-0.3, -0.25) is 10.1 Å². The van der Waals surface area contributed by atoms with Gasteiger partial charge in [0, 0.05) is 13.0 Å². The van der Waals surface area contributed by atoms with Crippen LogP contribution < -0.4 is 10.5 Å². The van der Waals surface area contributed by atoms with E-state index in [4.69, 9.17) is 10.5 Å². The zero-order valence-electron chi connectivity index (χ0n) is 10.6. The lowest BCUT2D eigenvalue weighted by molar-refractivity contribution is -0.386. The van der Waals surface area contributed by atoms with Gasteiger partial charge in [-0.05, 0) is 32.7 Å². The molecule has 1 saturated carbocycles. The molecule has 0 amide bonds. The zero-order valence-corrected chi connectivity index (χ0v) is 10.6. The van der Waals surface area contributed by atoms with E-state index in [1.54, 1.807) is 14.0 Å². The molecule has 2 unspecified atom stereocenters. The third-order valence-electron chi connectivity index (χ3n) is 3.48. The molecule has 0 aromatic carbocycles. The van der Waals surface area contributed by atoms with Crippen LogP contribution in [0.2, 0.25) is 0 Å². The third kappa shape index (κ3) is 2.17. The summed E-state index contributed by atoms with van der Waals surface area (Å²) in [5.74, 6) is 0.516. The molecule has 7 nitrogen and oxygen atoms in total. The number of hydrogen-bond donors (Lipinski definition) is 1. The van der Waals surface area contributed by atoms with Crippen molar-refractivity contribution in [2.45, 2.75) is 32.3 Å². The Kier molecular flexibility index (Phi) is 3.51. The lowest BCUT2D eigenvalue weighted by atomic mass is 10.1. The highest BCUT2D eigenvalue weighted by molar-refractivity contribution is 5.45. The second-order valence-corrected chi connectivity index (χ2v) is 4.70. The minimum atomic E-state index is -0.440. The van der Waals surface area contributed by atoms with Crippen LogP contribution >= 0.6 is 0 Å². The van der Waals surface area contributed by atoms with E-state index in [1.165, 1.54) is 4.68 Å². The van der Waals surface area contributed by atoms with E-state index in [2.05, 4.69) is 5.10 Å². The summed E-state index contributed by atoms with van der Waals surface area (Å²) in [7, 11) is 1.65. The van der Waals surface area contributed by atoms with Gasteiger partial charge >= 0.3 is 5.69 Å². The Balaban J connectivity index is 2.26. The largest absolute Gasteiger partial charge is 0.469 e. The Morgan fingerprint density at radius 2 is 2.33 bits per heavy atom. The number of nitrogens with two attached hydrogens (primary N) is 1. The number of nitrogens with zero attached hydrogens (tertiary/aromatic N) is 3. The molecule has 2 N–H and O–H groups in total. The van der Waals surface area contributed by atoms with Gasteiger partial charge in [-0.15, -0.1) is 0 Å². The Hall–Kier alpha value is -1.63. The first kappa shape index (κ1) is 12.8. The van der Waals surface area contributed by atoms with E-state index in [9.17, 15) is 10.1 Å². The summed E-state index contributed by atoms with van der Waals surface area (Å²) in [5, 5.41) is 15.1. The maximum absolute atomic E-state index is 11.0. The Labute approximate surface area is 105 Å². The van der Waals surface area contributed by atoms with Gasteiger partial charge in [0.2, 0.25) is 0 Å². The van der Waals surface area contributed by atoms with Crippen molar-refractivity contribution in [3.8, 4) is 5.88 Å². The molecule has 0 bridgehead atoms. The molecule has 1 aliphatic carbocycles. The molecule has 2 rings (SSSR count). The highest BCUT2D eigenvalue weighted by atomic mass is 16.6. The molecule has 1 aromatic heterocycles. The first-order valence-corrected chi connectivity index (χ1v) is 6.09. The van der Waals surface area contributed by atoms with Crippen molar-refractivity contribution < 1.29 is 9.66 Å². The van der Waals surface area contributed by atoms with Gasteiger partial charge in [0.1, 0.15) is 11.8 Å². The molecule has 1 fully saturated rings.